The second kappa shape index (κ2) is 6.47. The Balaban J connectivity index is 1.62. The van der Waals surface area contributed by atoms with Crippen molar-refractivity contribution in [3.8, 4) is 11.1 Å². The molecule has 4 rings (SSSR count). The van der Waals surface area contributed by atoms with Gasteiger partial charge in [-0.05, 0) is 23.8 Å². The molecule has 1 N–H and O–H groups in total. The van der Waals surface area contributed by atoms with E-state index >= 15 is 0 Å². The number of anilines is 1. The molecule has 2 aliphatic rings. The lowest BCUT2D eigenvalue weighted by molar-refractivity contribution is -0.126. The molecule has 6 nitrogen and oxygen atoms in total. The molecule has 0 radical (unpaired) electrons. The molecule has 0 unspecified atom stereocenters. The van der Waals surface area contributed by atoms with Crippen molar-refractivity contribution >= 4 is 23.3 Å². The normalized spacial score (nSPS) is 21.6. The summed E-state index contributed by atoms with van der Waals surface area (Å²) in [6.45, 7) is 4.05. The van der Waals surface area contributed by atoms with E-state index < -0.39 is 0 Å². The quantitative estimate of drug-likeness (QED) is 0.893. The van der Waals surface area contributed by atoms with Crippen LogP contribution in [0.2, 0.25) is 5.02 Å². The summed E-state index contributed by atoms with van der Waals surface area (Å²) in [5.41, 5.74) is 1.86. The molecule has 0 spiro atoms. The van der Waals surface area contributed by atoms with Crippen molar-refractivity contribution in [1.29, 1.82) is 0 Å². The molecule has 3 heterocycles. The van der Waals surface area contributed by atoms with E-state index in [9.17, 15) is 4.79 Å². The maximum absolute atomic E-state index is 12.8. The van der Waals surface area contributed by atoms with Crippen molar-refractivity contribution in [2.45, 2.75) is 6.04 Å². The van der Waals surface area contributed by atoms with Gasteiger partial charge < -0.3 is 5.32 Å². The number of hydrogen-bond donors (Lipinski definition) is 1. The van der Waals surface area contributed by atoms with Gasteiger partial charge in [-0.15, -0.1) is 5.10 Å². The van der Waals surface area contributed by atoms with Crippen molar-refractivity contribution < 1.29 is 4.79 Å². The number of nitrogens with one attached hydrogen (secondary N) is 1. The fourth-order valence-corrected chi connectivity index (χ4v) is 3.51. The summed E-state index contributed by atoms with van der Waals surface area (Å²) in [7, 11) is 0. The summed E-state index contributed by atoms with van der Waals surface area (Å²) in [6.07, 6.45) is 1.69. The molecule has 1 aromatic carbocycles. The monoisotopic (exact) mass is 343 g/mol. The zero-order chi connectivity index (χ0) is 16.5. The van der Waals surface area contributed by atoms with Crippen LogP contribution in [-0.4, -0.2) is 59.8 Å². The first kappa shape index (κ1) is 15.5. The van der Waals surface area contributed by atoms with Gasteiger partial charge in [0.05, 0.1) is 6.20 Å². The minimum Gasteiger partial charge on any atom is -0.313 e. The maximum atomic E-state index is 12.8. The van der Waals surface area contributed by atoms with Crippen LogP contribution >= 0.6 is 11.6 Å². The fourth-order valence-electron chi connectivity index (χ4n) is 3.32. The lowest BCUT2D eigenvalue weighted by Gasteiger charge is -2.42. The predicted molar refractivity (Wildman–Crippen MR) is 93.1 cm³/mol. The first-order chi connectivity index (χ1) is 11.7. The zero-order valence-corrected chi connectivity index (χ0v) is 13.9. The van der Waals surface area contributed by atoms with Crippen LogP contribution < -0.4 is 10.2 Å². The van der Waals surface area contributed by atoms with E-state index in [2.05, 4.69) is 20.4 Å². The topological polar surface area (TPSA) is 61.4 Å². The number of carbonyl (C=O) groups excluding carboxylic acids is 1. The van der Waals surface area contributed by atoms with Gasteiger partial charge >= 0.3 is 0 Å². The Hall–Kier alpha value is -2.02. The second-order valence-electron chi connectivity index (χ2n) is 6.06. The van der Waals surface area contributed by atoms with Crippen molar-refractivity contribution in [3.05, 3.63) is 41.6 Å². The van der Waals surface area contributed by atoms with Crippen LogP contribution in [-0.2, 0) is 4.79 Å². The van der Waals surface area contributed by atoms with Crippen molar-refractivity contribution in [3.63, 3.8) is 0 Å². The molecule has 1 amide bonds. The second-order valence-corrected chi connectivity index (χ2v) is 6.49. The maximum Gasteiger partial charge on any atom is 0.246 e. The van der Waals surface area contributed by atoms with E-state index in [0.717, 1.165) is 30.8 Å². The number of piperazine rings is 2. The molecule has 2 aromatic rings. The summed E-state index contributed by atoms with van der Waals surface area (Å²) in [5, 5.41) is 12.2. The van der Waals surface area contributed by atoms with E-state index in [1.807, 2.05) is 30.3 Å². The Morgan fingerprint density at radius 3 is 2.96 bits per heavy atom. The molecule has 124 valence electrons. The Morgan fingerprint density at radius 1 is 1.17 bits per heavy atom. The molecule has 2 saturated heterocycles. The van der Waals surface area contributed by atoms with Crippen LogP contribution in [0, 0.1) is 0 Å². The third kappa shape index (κ3) is 2.88. The van der Waals surface area contributed by atoms with Gasteiger partial charge in [-0.2, -0.15) is 5.10 Å². The fraction of sp³-hybridized carbons (Fsp3) is 0.353. The summed E-state index contributed by atoms with van der Waals surface area (Å²) in [4.78, 5) is 16.8. The highest BCUT2D eigenvalue weighted by Crippen LogP contribution is 2.26. The number of amides is 1. The summed E-state index contributed by atoms with van der Waals surface area (Å²) in [5.74, 6) is 0.689. The molecular weight excluding hydrogens is 326 g/mol. The van der Waals surface area contributed by atoms with Gasteiger partial charge in [-0.3, -0.25) is 14.6 Å². The van der Waals surface area contributed by atoms with Crippen LogP contribution in [0.15, 0.2) is 36.5 Å². The van der Waals surface area contributed by atoms with E-state index in [0.29, 0.717) is 23.9 Å². The number of hydrogen-bond acceptors (Lipinski definition) is 5. The molecule has 1 atom stereocenters. The molecule has 7 heteroatoms. The third-order valence-corrected chi connectivity index (χ3v) is 4.83. The number of nitrogens with zero attached hydrogens (tertiary/aromatic N) is 4. The number of aromatic nitrogens is 2. The third-order valence-electron chi connectivity index (χ3n) is 4.59. The number of halogens is 1. The highest BCUT2D eigenvalue weighted by molar-refractivity contribution is 6.30. The molecular formula is C17H18ClN5O. The van der Waals surface area contributed by atoms with Gasteiger partial charge in [0.2, 0.25) is 5.91 Å². The van der Waals surface area contributed by atoms with Crippen molar-refractivity contribution in [2.75, 3.05) is 37.6 Å². The lowest BCUT2D eigenvalue weighted by atomic mass is 10.1. The number of carbonyl (C=O) groups is 1. The first-order valence-electron chi connectivity index (χ1n) is 8.07. The van der Waals surface area contributed by atoms with Gasteiger partial charge in [-0.25, -0.2) is 0 Å². The van der Waals surface area contributed by atoms with Crippen LogP contribution in [0.5, 0.6) is 0 Å². The van der Waals surface area contributed by atoms with Gasteiger partial charge in [0.15, 0.2) is 5.82 Å². The van der Waals surface area contributed by atoms with Gasteiger partial charge in [-0.1, -0.05) is 23.7 Å². The summed E-state index contributed by atoms with van der Waals surface area (Å²) < 4.78 is 0. The highest BCUT2D eigenvalue weighted by Gasteiger charge is 2.37. The number of fused-ring (bicyclic) bond motifs is 1. The smallest absolute Gasteiger partial charge is 0.246 e. The summed E-state index contributed by atoms with van der Waals surface area (Å²) in [6, 6.07) is 9.38. The Morgan fingerprint density at radius 2 is 2.08 bits per heavy atom. The van der Waals surface area contributed by atoms with Gasteiger partial charge in [0.1, 0.15) is 6.04 Å². The standard InChI is InChI=1S/C17H18ClN5O/c18-14-3-1-2-12(8-14)13-9-16(21-20-10-13)23-7-6-22-5-4-19-11-15(22)17(23)24/h1-3,8-10,15,19H,4-7,11H2/t15-/m1/s1. The van der Waals surface area contributed by atoms with Crippen LogP contribution in [0.4, 0.5) is 5.82 Å². The Bertz CT molecular complexity index is 768. The predicted octanol–water partition coefficient (Wildman–Crippen LogP) is 1.42. The summed E-state index contributed by atoms with van der Waals surface area (Å²) >= 11 is 6.07. The van der Waals surface area contributed by atoms with Crippen LogP contribution in [0.25, 0.3) is 11.1 Å². The van der Waals surface area contributed by atoms with Gasteiger partial charge in [0, 0.05) is 43.3 Å². The average Bonchev–Trinajstić information content (AvgIpc) is 2.62. The van der Waals surface area contributed by atoms with Crippen LogP contribution in [0.3, 0.4) is 0 Å². The molecule has 0 aliphatic carbocycles. The SMILES string of the molecule is O=C1[C@H]2CNCCN2CCN1c1cc(-c2cccc(Cl)c2)cnn1. The zero-order valence-electron chi connectivity index (χ0n) is 13.2. The molecule has 24 heavy (non-hydrogen) atoms. The lowest BCUT2D eigenvalue weighted by Crippen LogP contribution is -2.64. The average molecular weight is 344 g/mol. The number of benzene rings is 1. The van der Waals surface area contributed by atoms with Gasteiger partial charge in [0.25, 0.3) is 0 Å². The molecule has 0 saturated carbocycles. The minimum atomic E-state index is -0.107. The van der Waals surface area contributed by atoms with E-state index in [4.69, 9.17) is 11.6 Å². The molecule has 2 aliphatic heterocycles. The van der Waals surface area contributed by atoms with Crippen molar-refractivity contribution in [1.82, 2.24) is 20.4 Å². The van der Waals surface area contributed by atoms with Crippen LogP contribution in [0.1, 0.15) is 0 Å². The van der Waals surface area contributed by atoms with E-state index in [1.165, 1.54) is 0 Å². The Labute approximate surface area is 145 Å². The van der Waals surface area contributed by atoms with E-state index in [1.54, 1.807) is 11.1 Å². The Kier molecular flexibility index (Phi) is 4.18. The number of rotatable bonds is 2. The largest absolute Gasteiger partial charge is 0.313 e. The first-order valence-corrected chi connectivity index (χ1v) is 8.45. The molecule has 2 fully saturated rings. The van der Waals surface area contributed by atoms with E-state index in [-0.39, 0.29) is 11.9 Å². The van der Waals surface area contributed by atoms with Crippen molar-refractivity contribution in [2.24, 2.45) is 0 Å². The molecule has 1 aromatic heterocycles. The molecule has 0 bridgehead atoms. The highest BCUT2D eigenvalue weighted by atomic mass is 35.5. The minimum absolute atomic E-state index is 0.0889.